The van der Waals surface area contributed by atoms with E-state index in [2.05, 4.69) is 9.97 Å². The lowest BCUT2D eigenvalue weighted by Crippen LogP contribution is -2.00. The molecule has 15 heavy (non-hydrogen) atoms. The van der Waals surface area contributed by atoms with Crippen molar-refractivity contribution >= 4 is 22.7 Å². The first-order valence-corrected chi connectivity index (χ1v) is 4.35. The summed E-state index contributed by atoms with van der Waals surface area (Å²) in [6.07, 6.45) is 0. The van der Waals surface area contributed by atoms with E-state index in [1.54, 1.807) is 13.0 Å². The van der Waals surface area contributed by atoms with Gasteiger partial charge in [-0.15, -0.1) is 0 Å². The molecule has 0 spiro atoms. The van der Waals surface area contributed by atoms with Crippen molar-refractivity contribution in [2.24, 2.45) is 0 Å². The van der Waals surface area contributed by atoms with E-state index in [9.17, 15) is 4.79 Å². The number of hydrogen-bond acceptors (Lipinski definition) is 4. The van der Waals surface area contributed by atoms with Gasteiger partial charge in [0.05, 0.1) is 11.1 Å². The van der Waals surface area contributed by atoms with Gasteiger partial charge in [0.25, 0.3) is 0 Å². The van der Waals surface area contributed by atoms with Crippen LogP contribution in [0.4, 0.5) is 5.82 Å². The molecule has 0 unspecified atom stereocenters. The summed E-state index contributed by atoms with van der Waals surface area (Å²) in [4.78, 5) is 18.9. The van der Waals surface area contributed by atoms with Crippen LogP contribution in [0.3, 0.4) is 0 Å². The second-order valence-corrected chi connectivity index (χ2v) is 3.19. The van der Waals surface area contributed by atoms with Gasteiger partial charge in [0.15, 0.2) is 0 Å². The summed E-state index contributed by atoms with van der Waals surface area (Å²) in [5.41, 5.74) is 6.52. The highest BCUT2D eigenvalue weighted by molar-refractivity contribution is 5.96. The second kappa shape index (κ2) is 3.20. The van der Waals surface area contributed by atoms with Gasteiger partial charge in [-0.2, -0.15) is 0 Å². The molecule has 0 aliphatic rings. The Kier molecular flexibility index (Phi) is 2.00. The Morgan fingerprint density at radius 3 is 2.80 bits per heavy atom. The Bertz CT molecular complexity index is 552. The van der Waals surface area contributed by atoms with Gasteiger partial charge in [0.2, 0.25) is 0 Å². The van der Waals surface area contributed by atoms with Crippen LogP contribution in [0.15, 0.2) is 18.2 Å². The van der Waals surface area contributed by atoms with Crippen LogP contribution in [0.25, 0.3) is 10.9 Å². The maximum atomic E-state index is 10.7. The summed E-state index contributed by atoms with van der Waals surface area (Å²) in [6.45, 7) is 1.74. The largest absolute Gasteiger partial charge is 0.478 e. The first-order valence-electron chi connectivity index (χ1n) is 4.35. The van der Waals surface area contributed by atoms with Crippen molar-refractivity contribution in [3.8, 4) is 0 Å². The molecule has 1 aromatic heterocycles. The standard InChI is InChI=1S/C10H9N3O2/c1-5-12-8-3-2-6(10(14)15)4-7(8)9(11)13-5/h2-4H,1H3,(H,14,15)(H2,11,12,13). The lowest BCUT2D eigenvalue weighted by atomic mass is 10.1. The molecule has 5 heteroatoms. The molecule has 2 rings (SSSR count). The molecule has 0 fully saturated rings. The smallest absolute Gasteiger partial charge is 0.335 e. The summed E-state index contributed by atoms with van der Waals surface area (Å²) in [5.74, 6) is -0.111. The number of anilines is 1. The molecule has 5 nitrogen and oxygen atoms in total. The third-order valence-electron chi connectivity index (χ3n) is 2.08. The van der Waals surface area contributed by atoms with Crippen molar-refractivity contribution in [3.63, 3.8) is 0 Å². The summed E-state index contributed by atoms with van der Waals surface area (Å²) in [7, 11) is 0. The number of nitrogens with two attached hydrogens (primary N) is 1. The highest BCUT2D eigenvalue weighted by Gasteiger charge is 2.07. The predicted molar refractivity (Wildman–Crippen MR) is 55.6 cm³/mol. The zero-order valence-electron chi connectivity index (χ0n) is 8.06. The van der Waals surface area contributed by atoms with E-state index in [-0.39, 0.29) is 5.56 Å². The summed E-state index contributed by atoms with van der Waals surface area (Å²) in [5, 5.41) is 9.38. The number of nitrogen functional groups attached to an aromatic ring is 1. The molecular weight excluding hydrogens is 194 g/mol. The zero-order chi connectivity index (χ0) is 11.0. The third-order valence-corrected chi connectivity index (χ3v) is 2.08. The van der Waals surface area contributed by atoms with Crippen molar-refractivity contribution in [3.05, 3.63) is 29.6 Å². The fourth-order valence-electron chi connectivity index (χ4n) is 1.41. The number of aromatic nitrogens is 2. The minimum atomic E-state index is -0.989. The number of carboxylic acids is 1. The number of hydrogen-bond donors (Lipinski definition) is 2. The van der Waals surface area contributed by atoms with Crippen molar-refractivity contribution in [2.75, 3.05) is 5.73 Å². The number of fused-ring (bicyclic) bond motifs is 1. The molecule has 1 heterocycles. The molecule has 0 atom stereocenters. The van der Waals surface area contributed by atoms with Crippen LogP contribution in [0, 0.1) is 6.92 Å². The van der Waals surface area contributed by atoms with Gasteiger partial charge in [-0.05, 0) is 25.1 Å². The molecule has 3 N–H and O–H groups in total. The van der Waals surface area contributed by atoms with Crippen molar-refractivity contribution in [1.29, 1.82) is 0 Å². The Morgan fingerprint density at radius 2 is 2.13 bits per heavy atom. The van der Waals surface area contributed by atoms with E-state index in [1.165, 1.54) is 12.1 Å². The number of rotatable bonds is 1. The Morgan fingerprint density at radius 1 is 1.40 bits per heavy atom. The van der Waals surface area contributed by atoms with E-state index in [4.69, 9.17) is 10.8 Å². The van der Waals surface area contributed by atoms with Crippen LogP contribution in [0.1, 0.15) is 16.2 Å². The summed E-state index contributed by atoms with van der Waals surface area (Å²) < 4.78 is 0. The second-order valence-electron chi connectivity index (χ2n) is 3.19. The highest BCUT2D eigenvalue weighted by atomic mass is 16.4. The molecule has 0 saturated heterocycles. The number of nitrogens with zero attached hydrogens (tertiary/aromatic N) is 2. The average Bonchev–Trinajstić information content (AvgIpc) is 2.16. The molecule has 0 saturated carbocycles. The monoisotopic (exact) mass is 203 g/mol. The summed E-state index contributed by atoms with van der Waals surface area (Å²) in [6, 6.07) is 4.60. The van der Waals surface area contributed by atoms with Gasteiger partial charge in [0.1, 0.15) is 11.6 Å². The topological polar surface area (TPSA) is 89.1 Å². The number of carbonyl (C=O) groups is 1. The number of carboxylic acid groups (broad SMARTS) is 1. The van der Waals surface area contributed by atoms with Crippen LogP contribution >= 0.6 is 0 Å². The maximum Gasteiger partial charge on any atom is 0.335 e. The van der Waals surface area contributed by atoms with E-state index in [0.29, 0.717) is 22.5 Å². The quantitative estimate of drug-likeness (QED) is 0.727. The maximum absolute atomic E-state index is 10.7. The minimum absolute atomic E-state index is 0.182. The molecular formula is C10H9N3O2. The highest BCUT2D eigenvalue weighted by Crippen LogP contribution is 2.19. The SMILES string of the molecule is Cc1nc(N)c2cc(C(=O)O)ccc2n1. The van der Waals surface area contributed by atoms with E-state index in [1.807, 2.05) is 0 Å². The van der Waals surface area contributed by atoms with Gasteiger partial charge in [-0.1, -0.05) is 0 Å². The van der Waals surface area contributed by atoms with E-state index < -0.39 is 5.97 Å². The van der Waals surface area contributed by atoms with Crippen molar-refractivity contribution < 1.29 is 9.90 Å². The molecule has 0 aliphatic carbocycles. The minimum Gasteiger partial charge on any atom is -0.478 e. The van der Waals surface area contributed by atoms with E-state index >= 15 is 0 Å². The van der Waals surface area contributed by atoms with Gasteiger partial charge >= 0.3 is 5.97 Å². The normalized spacial score (nSPS) is 10.5. The molecule has 0 radical (unpaired) electrons. The molecule has 76 valence electrons. The fraction of sp³-hybridized carbons (Fsp3) is 0.100. The van der Waals surface area contributed by atoms with Gasteiger partial charge in [-0.25, -0.2) is 14.8 Å². The van der Waals surface area contributed by atoms with Gasteiger partial charge in [0, 0.05) is 5.39 Å². The van der Waals surface area contributed by atoms with Gasteiger partial charge in [-0.3, -0.25) is 0 Å². The van der Waals surface area contributed by atoms with Crippen molar-refractivity contribution in [1.82, 2.24) is 9.97 Å². The molecule has 0 amide bonds. The molecule has 1 aromatic carbocycles. The first-order chi connectivity index (χ1) is 7.08. The fourth-order valence-corrected chi connectivity index (χ4v) is 1.41. The van der Waals surface area contributed by atoms with Gasteiger partial charge < -0.3 is 10.8 Å². The van der Waals surface area contributed by atoms with Crippen LogP contribution in [-0.4, -0.2) is 21.0 Å². The summed E-state index contributed by atoms with van der Waals surface area (Å²) >= 11 is 0. The third kappa shape index (κ3) is 1.59. The van der Waals surface area contributed by atoms with Crippen LogP contribution in [-0.2, 0) is 0 Å². The Balaban J connectivity index is 2.76. The van der Waals surface area contributed by atoms with Crippen LogP contribution in [0.5, 0.6) is 0 Å². The lowest BCUT2D eigenvalue weighted by Gasteiger charge is -2.03. The first kappa shape index (κ1) is 9.39. The van der Waals surface area contributed by atoms with E-state index in [0.717, 1.165) is 0 Å². The Labute approximate surface area is 85.6 Å². The number of benzene rings is 1. The number of aromatic carboxylic acids is 1. The zero-order valence-corrected chi connectivity index (χ0v) is 8.06. The predicted octanol–water partition coefficient (Wildman–Crippen LogP) is 1.22. The number of aryl methyl sites for hydroxylation is 1. The van der Waals surface area contributed by atoms with Crippen molar-refractivity contribution in [2.45, 2.75) is 6.92 Å². The molecule has 0 bridgehead atoms. The molecule has 2 aromatic rings. The Hall–Kier alpha value is -2.17. The average molecular weight is 203 g/mol. The van der Waals surface area contributed by atoms with Crippen LogP contribution < -0.4 is 5.73 Å². The van der Waals surface area contributed by atoms with Crippen LogP contribution in [0.2, 0.25) is 0 Å². The lowest BCUT2D eigenvalue weighted by molar-refractivity contribution is 0.0697. The molecule has 0 aliphatic heterocycles.